The van der Waals surface area contributed by atoms with E-state index in [-0.39, 0.29) is 11.6 Å². The third-order valence-corrected chi connectivity index (χ3v) is 7.79. The lowest BCUT2D eigenvalue weighted by molar-refractivity contribution is 0.0890. The van der Waals surface area contributed by atoms with Gasteiger partial charge in [-0.2, -0.15) is 5.26 Å². The summed E-state index contributed by atoms with van der Waals surface area (Å²) >= 11 is 0. The number of aromatic nitrogens is 1. The van der Waals surface area contributed by atoms with Crippen molar-refractivity contribution in [3.8, 4) is 22.9 Å². The maximum absolute atomic E-state index is 13.9. The molecule has 0 aliphatic heterocycles. The molecule has 0 saturated carbocycles. The average Bonchev–Trinajstić information content (AvgIpc) is 3.44. The summed E-state index contributed by atoms with van der Waals surface area (Å²) in [6.07, 6.45) is 0. The number of carbonyl (C=O) groups is 2. The molecule has 5 aromatic carbocycles. The number of rotatable bonds is 3. The lowest BCUT2D eigenvalue weighted by Gasteiger charge is -2.13. The van der Waals surface area contributed by atoms with Gasteiger partial charge in [-0.15, -0.1) is 0 Å². The quantitative estimate of drug-likeness (QED) is 0.232. The first kappa shape index (κ1) is 22.9. The first-order valence-corrected chi connectivity index (χ1v) is 12.9. The molecule has 39 heavy (non-hydrogen) atoms. The van der Waals surface area contributed by atoms with Crippen molar-refractivity contribution in [2.45, 2.75) is 12.8 Å². The largest absolute Gasteiger partial charge is 0.308 e. The second kappa shape index (κ2) is 8.65. The Morgan fingerprint density at radius 3 is 2.26 bits per heavy atom. The standard InChI is InChI=1S/C35H22N2O2/c1-21-18-22(20-36)14-16-25(21)24-15-17-27-26-10-5-6-12-29(26)37(31(27)19-24)30-13-7-11-28-33(30)35(39)32(34(28)38)23-8-3-2-4-9-23/h2-19,32H,1H3. The minimum absolute atomic E-state index is 0.155. The van der Waals surface area contributed by atoms with E-state index in [1.54, 1.807) is 6.07 Å². The van der Waals surface area contributed by atoms with Crippen LogP contribution in [0.2, 0.25) is 0 Å². The van der Waals surface area contributed by atoms with Gasteiger partial charge in [0.25, 0.3) is 0 Å². The highest BCUT2D eigenvalue weighted by atomic mass is 16.2. The molecule has 1 aliphatic carbocycles. The van der Waals surface area contributed by atoms with Crippen LogP contribution in [-0.4, -0.2) is 16.1 Å². The topological polar surface area (TPSA) is 62.9 Å². The zero-order valence-electron chi connectivity index (χ0n) is 21.2. The molecule has 1 aromatic heterocycles. The van der Waals surface area contributed by atoms with E-state index in [4.69, 9.17) is 0 Å². The molecule has 6 aromatic rings. The predicted molar refractivity (Wildman–Crippen MR) is 154 cm³/mol. The van der Waals surface area contributed by atoms with Crippen molar-refractivity contribution in [3.63, 3.8) is 0 Å². The van der Waals surface area contributed by atoms with Crippen LogP contribution in [0.1, 0.15) is 43.3 Å². The van der Waals surface area contributed by atoms with Crippen LogP contribution in [0.5, 0.6) is 0 Å². The normalized spacial score (nSPS) is 14.6. The van der Waals surface area contributed by atoms with Crippen LogP contribution in [0, 0.1) is 18.3 Å². The molecule has 0 bridgehead atoms. The molecule has 7 rings (SSSR count). The van der Waals surface area contributed by atoms with E-state index in [9.17, 15) is 14.9 Å². The Kier molecular flexibility index (Phi) is 5.08. The molecule has 0 amide bonds. The van der Waals surface area contributed by atoms with Gasteiger partial charge in [0, 0.05) is 16.3 Å². The average molecular weight is 503 g/mol. The minimum Gasteiger partial charge on any atom is -0.308 e. The van der Waals surface area contributed by atoms with Gasteiger partial charge in [0.2, 0.25) is 0 Å². The minimum atomic E-state index is -0.827. The Morgan fingerprint density at radius 1 is 0.692 bits per heavy atom. The third-order valence-electron chi connectivity index (χ3n) is 7.79. The highest BCUT2D eigenvalue weighted by Gasteiger charge is 2.41. The molecular formula is C35H22N2O2. The van der Waals surface area contributed by atoms with Crippen molar-refractivity contribution in [3.05, 3.63) is 137 Å². The van der Waals surface area contributed by atoms with Gasteiger partial charge in [-0.1, -0.05) is 78.9 Å². The van der Waals surface area contributed by atoms with Gasteiger partial charge in [0.15, 0.2) is 11.6 Å². The zero-order valence-corrected chi connectivity index (χ0v) is 21.2. The van der Waals surface area contributed by atoms with E-state index in [0.29, 0.717) is 22.4 Å². The summed E-state index contributed by atoms with van der Waals surface area (Å²) in [4.78, 5) is 27.5. The smallest absolute Gasteiger partial charge is 0.180 e. The van der Waals surface area contributed by atoms with Crippen LogP contribution in [-0.2, 0) is 0 Å². The van der Waals surface area contributed by atoms with Crippen molar-refractivity contribution >= 4 is 33.4 Å². The fraction of sp³-hybridized carbons (Fsp3) is 0.0571. The van der Waals surface area contributed by atoms with Crippen molar-refractivity contribution in [2.24, 2.45) is 0 Å². The molecule has 1 unspecified atom stereocenters. The number of aryl methyl sites for hydroxylation is 1. The molecule has 1 heterocycles. The predicted octanol–water partition coefficient (Wildman–Crippen LogP) is 7.79. The SMILES string of the molecule is Cc1cc(C#N)ccc1-c1ccc2c3ccccc3n(-c3cccc4c3C(=O)C(c3ccccc3)C4=O)c2c1. The number of carbonyl (C=O) groups excluding carboxylic acids is 2. The van der Waals surface area contributed by atoms with Gasteiger partial charge in [0.05, 0.1) is 33.9 Å². The first-order chi connectivity index (χ1) is 19.1. The Morgan fingerprint density at radius 2 is 1.46 bits per heavy atom. The van der Waals surface area contributed by atoms with Gasteiger partial charge in [-0.3, -0.25) is 9.59 Å². The van der Waals surface area contributed by atoms with E-state index < -0.39 is 5.92 Å². The molecule has 184 valence electrons. The summed E-state index contributed by atoms with van der Waals surface area (Å²) in [6.45, 7) is 2.01. The van der Waals surface area contributed by atoms with Crippen LogP contribution in [0.4, 0.5) is 0 Å². The fourth-order valence-corrected chi connectivity index (χ4v) is 6.01. The number of para-hydroxylation sites is 1. The maximum Gasteiger partial charge on any atom is 0.180 e. The molecular weight excluding hydrogens is 480 g/mol. The summed E-state index contributed by atoms with van der Waals surface area (Å²) in [5.74, 6) is -1.15. The second-order valence-electron chi connectivity index (χ2n) is 10.00. The Balaban J connectivity index is 1.50. The van der Waals surface area contributed by atoms with Gasteiger partial charge >= 0.3 is 0 Å². The van der Waals surface area contributed by atoms with E-state index in [2.05, 4.69) is 41.0 Å². The van der Waals surface area contributed by atoms with Gasteiger partial charge < -0.3 is 4.57 Å². The van der Waals surface area contributed by atoms with E-state index in [0.717, 1.165) is 44.1 Å². The summed E-state index contributed by atoms with van der Waals surface area (Å²) in [5.41, 5.74) is 8.00. The van der Waals surface area contributed by atoms with Crippen molar-refractivity contribution in [1.29, 1.82) is 5.26 Å². The second-order valence-corrected chi connectivity index (χ2v) is 10.00. The van der Waals surface area contributed by atoms with Crippen molar-refractivity contribution < 1.29 is 9.59 Å². The van der Waals surface area contributed by atoms with Crippen LogP contribution >= 0.6 is 0 Å². The number of hydrogen-bond donors (Lipinski definition) is 0. The summed E-state index contributed by atoms with van der Waals surface area (Å²) < 4.78 is 2.12. The molecule has 4 nitrogen and oxygen atoms in total. The Labute approximate surface area is 225 Å². The Bertz CT molecular complexity index is 2030. The van der Waals surface area contributed by atoms with Gasteiger partial charge in [-0.25, -0.2) is 0 Å². The van der Waals surface area contributed by atoms with Crippen LogP contribution in [0.3, 0.4) is 0 Å². The molecule has 4 heteroatoms. The number of benzene rings is 5. The Hall–Kier alpha value is -5.27. The first-order valence-electron chi connectivity index (χ1n) is 12.9. The molecule has 0 N–H and O–H groups in total. The highest BCUT2D eigenvalue weighted by Crippen LogP contribution is 2.41. The summed E-state index contributed by atoms with van der Waals surface area (Å²) in [6, 6.07) is 37.3. The lowest BCUT2D eigenvalue weighted by atomic mass is 9.94. The fourth-order valence-electron chi connectivity index (χ4n) is 6.01. The number of fused-ring (bicyclic) bond motifs is 4. The van der Waals surface area contributed by atoms with Crippen LogP contribution < -0.4 is 0 Å². The summed E-state index contributed by atoms with van der Waals surface area (Å²) in [5, 5.41) is 11.4. The highest BCUT2D eigenvalue weighted by molar-refractivity contribution is 6.31. The number of hydrogen-bond acceptors (Lipinski definition) is 3. The monoisotopic (exact) mass is 502 g/mol. The molecule has 0 spiro atoms. The van der Waals surface area contributed by atoms with Gasteiger partial charge in [0.1, 0.15) is 5.92 Å². The molecule has 0 fully saturated rings. The number of Topliss-reactive ketones (excluding diaryl/α,β-unsaturated/α-hetero) is 2. The molecule has 1 atom stereocenters. The van der Waals surface area contributed by atoms with Crippen molar-refractivity contribution in [1.82, 2.24) is 4.57 Å². The maximum atomic E-state index is 13.9. The zero-order chi connectivity index (χ0) is 26.7. The third kappa shape index (κ3) is 3.37. The number of nitriles is 1. The van der Waals surface area contributed by atoms with E-state index in [1.165, 1.54) is 0 Å². The van der Waals surface area contributed by atoms with E-state index >= 15 is 0 Å². The van der Waals surface area contributed by atoms with Crippen molar-refractivity contribution in [2.75, 3.05) is 0 Å². The van der Waals surface area contributed by atoms with Crippen LogP contribution in [0.25, 0.3) is 38.6 Å². The number of ketones is 2. The van der Waals surface area contributed by atoms with E-state index in [1.807, 2.05) is 79.7 Å². The molecule has 0 radical (unpaired) electrons. The molecule has 0 saturated heterocycles. The van der Waals surface area contributed by atoms with Crippen LogP contribution in [0.15, 0.2) is 109 Å². The lowest BCUT2D eigenvalue weighted by Crippen LogP contribution is -2.13. The summed E-state index contributed by atoms with van der Waals surface area (Å²) in [7, 11) is 0. The van der Waals surface area contributed by atoms with Gasteiger partial charge in [-0.05, 0) is 59.5 Å². The molecule has 1 aliphatic rings. The number of nitrogens with zero attached hydrogens (tertiary/aromatic N) is 2.